The molecule has 0 radical (unpaired) electrons. The van der Waals surface area contributed by atoms with Crippen LogP contribution in [0.25, 0.3) is 0 Å². The smallest absolute Gasteiger partial charge is 0.0233 e. The fraction of sp³-hybridized carbons (Fsp3) is 0.667. The van der Waals surface area contributed by atoms with Crippen LogP contribution in [0, 0.1) is 17.3 Å². The zero-order valence-electron chi connectivity index (χ0n) is 12.9. The fourth-order valence-electron chi connectivity index (χ4n) is 4.31. The summed E-state index contributed by atoms with van der Waals surface area (Å²) in [7, 11) is 0. The Kier molecular flexibility index (Phi) is 4.13. The number of hydrogen-bond donors (Lipinski definition) is 1. The normalized spacial score (nSPS) is 26.4. The first-order valence-corrected chi connectivity index (χ1v) is 8.17. The van der Waals surface area contributed by atoms with Gasteiger partial charge in [-0.2, -0.15) is 0 Å². The molecule has 2 aliphatic rings. The Labute approximate surface area is 123 Å². The van der Waals surface area contributed by atoms with Gasteiger partial charge in [-0.15, -0.1) is 0 Å². The van der Waals surface area contributed by atoms with Crippen molar-refractivity contribution >= 4 is 0 Å². The number of nitrogens with zero attached hydrogens (tertiary/aromatic N) is 1. The van der Waals surface area contributed by atoms with E-state index in [-0.39, 0.29) is 0 Å². The predicted molar refractivity (Wildman–Crippen MR) is 84.6 cm³/mol. The molecule has 0 aromatic heterocycles. The Bertz CT molecular complexity index is 418. The van der Waals surface area contributed by atoms with Crippen LogP contribution >= 0.6 is 0 Å². The molecule has 0 aliphatic carbocycles. The molecule has 2 nitrogen and oxygen atoms in total. The molecular weight excluding hydrogens is 244 g/mol. The highest BCUT2D eigenvalue weighted by Crippen LogP contribution is 2.44. The summed E-state index contributed by atoms with van der Waals surface area (Å²) in [5, 5.41) is 3.66. The monoisotopic (exact) mass is 272 g/mol. The van der Waals surface area contributed by atoms with Gasteiger partial charge < -0.3 is 5.32 Å². The summed E-state index contributed by atoms with van der Waals surface area (Å²) < 4.78 is 0. The van der Waals surface area contributed by atoms with E-state index in [1.165, 1.54) is 44.6 Å². The van der Waals surface area contributed by atoms with Gasteiger partial charge in [-0.1, -0.05) is 44.2 Å². The third-order valence-electron chi connectivity index (χ3n) is 5.53. The summed E-state index contributed by atoms with van der Waals surface area (Å²) in [5.74, 6) is 1.69. The maximum absolute atomic E-state index is 3.66. The zero-order chi connectivity index (χ0) is 14.0. The number of rotatable bonds is 3. The van der Waals surface area contributed by atoms with Crippen molar-refractivity contribution in [3.63, 3.8) is 0 Å². The van der Waals surface area contributed by atoms with Crippen molar-refractivity contribution in [1.29, 1.82) is 0 Å². The first kappa shape index (κ1) is 14.1. The molecule has 2 heteroatoms. The number of nitrogens with one attached hydrogen (secondary N) is 1. The number of hydrogen-bond acceptors (Lipinski definition) is 2. The second kappa shape index (κ2) is 5.87. The standard InChI is InChI=1S/C18H28N2/c1-15(2)17-12-19-14-18(17)8-10-20(11-9-18)13-16-6-4-3-5-7-16/h3-7,15,17,19H,8-14H2,1-2H3. The van der Waals surface area contributed by atoms with Gasteiger partial charge in [0.25, 0.3) is 0 Å². The van der Waals surface area contributed by atoms with E-state index in [2.05, 4.69) is 54.4 Å². The van der Waals surface area contributed by atoms with E-state index in [4.69, 9.17) is 0 Å². The molecule has 1 aromatic rings. The van der Waals surface area contributed by atoms with Crippen molar-refractivity contribution in [3.05, 3.63) is 35.9 Å². The summed E-state index contributed by atoms with van der Waals surface area (Å²) >= 11 is 0. The molecule has 2 fully saturated rings. The largest absolute Gasteiger partial charge is 0.316 e. The highest BCUT2D eigenvalue weighted by atomic mass is 15.1. The highest BCUT2D eigenvalue weighted by Gasteiger charge is 2.45. The van der Waals surface area contributed by atoms with Gasteiger partial charge in [-0.25, -0.2) is 0 Å². The molecule has 2 aliphatic heterocycles. The lowest BCUT2D eigenvalue weighted by molar-refractivity contribution is 0.0593. The van der Waals surface area contributed by atoms with E-state index < -0.39 is 0 Å². The van der Waals surface area contributed by atoms with E-state index >= 15 is 0 Å². The van der Waals surface area contributed by atoms with Gasteiger partial charge in [0.1, 0.15) is 0 Å². The average molecular weight is 272 g/mol. The van der Waals surface area contributed by atoms with Gasteiger partial charge in [0.2, 0.25) is 0 Å². The topological polar surface area (TPSA) is 15.3 Å². The first-order valence-electron chi connectivity index (χ1n) is 8.17. The Hall–Kier alpha value is -0.860. The van der Waals surface area contributed by atoms with Crippen LogP contribution in [0.15, 0.2) is 30.3 Å². The Morgan fingerprint density at radius 1 is 1.20 bits per heavy atom. The van der Waals surface area contributed by atoms with Crippen molar-refractivity contribution in [1.82, 2.24) is 10.2 Å². The van der Waals surface area contributed by atoms with E-state index in [0.29, 0.717) is 5.41 Å². The average Bonchev–Trinajstić information content (AvgIpc) is 2.87. The predicted octanol–water partition coefficient (Wildman–Crippen LogP) is 3.14. The minimum Gasteiger partial charge on any atom is -0.316 e. The van der Waals surface area contributed by atoms with Crippen LogP contribution in [0.4, 0.5) is 0 Å². The van der Waals surface area contributed by atoms with Crippen LogP contribution in [0.2, 0.25) is 0 Å². The van der Waals surface area contributed by atoms with Gasteiger partial charge in [0, 0.05) is 13.1 Å². The van der Waals surface area contributed by atoms with Gasteiger partial charge >= 0.3 is 0 Å². The van der Waals surface area contributed by atoms with Gasteiger partial charge in [-0.3, -0.25) is 4.90 Å². The fourth-order valence-corrected chi connectivity index (χ4v) is 4.31. The van der Waals surface area contributed by atoms with Crippen LogP contribution in [0.5, 0.6) is 0 Å². The summed E-state index contributed by atoms with van der Waals surface area (Å²) in [4.78, 5) is 2.64. The molecule has 0 amide bonds. The number of benzene rings is 1. The maximum Gasteiger partial charge on any atom is 0.0233 e. The SMILES string of the molecule is CC(C)C1CNCC12CCN(Cc1ccccc1)CC2. The minimum atomic E-state index is 0.585. The molecule has 0 bridgehead atoms. The lowest BCUT2D eigenvalue weighted by Gasteiger charge is -2.44. The highest BCUT2D eigenvalue weighted by molar-refractivity contribution is 5.14. The third kappa shape index (κ3) is 2.77. The molecule has 1 atom stereocenters. The van der Waals surface area contributed by atoms with Gasteiger partial charge in [0.05, 0.1) is 0 Å². The van der Waals surface area contributed by atoms with E-state index in [1.54, 1.807) is 0 Å². The minimum absolute atomic E-state index is 0.585. The Balaban J connectivity index is 1.59. The van der Waals surface area contributed by atoms with Crippen LogP contribution in [-0.2, 0) is 6.54 Å². The first-order chi connectivity index (χ1) is 9.70. The van der Waals surface area contributed by atoms with Gasteiger partial charge in [0.15, 0.2) is 0 Å². The molecule has 1 unspecified atom stereocenters. The number of likely N-dealkylation sites (tertiary alicyclic amines) is 1. The van der Waals surface area contributed by atoms with Crippen molar-refractivity contribution < 1.29 is 0 Å². The van der Waals surface area contributed by atoms with E-state index in [1.807, 2.05) is 0 Å². The molecule has 0 saturated carbocycles. The Morgan fingerprint density at radius 3 is 2.55 bits per heavy atom. The van der Waals surface area contributed by atoms with E-state index in [0.717, 1.165) is 18.4 Å². The molecule has 1 N–H and O–H groups in total. The molecule has 1 aromatic carbocycles. The van der Waals surface area contributed by atoms with Gasteiger partial charge in [-0.05, 0) is 55.3 Å². The van der Waals surface area contributed by atoms with Crippen molar-refractivity contribution in [2.75, 3.05) is 26.2 Å². The van der Waals surface area contributed by atoms with Crippen molar-refractivity contribution in [2.45, 2.75) is 33.2 Å². The van der Waals surface area contributed by atoms with E-state index in [9.17, 15) is 0 Å². The number of piperidine rings is 1. The summed E-state index contributed by atoms with van der Waals surface area (Å²) in [6.07, 6.45) is 2.74. The second-order valence-corrected chi connectivity index (χ2v) is 7.11. The molecule has 110 valence electrons. The van der Waals surface area contributed by atoms with Crippen LogP contribution in [0.1, 0.15) is 32.3 Å². The molecule has 20 heavy (non-hydrogen) atoms. The van der Waals surface area contributed by atoms with Crippen molar-refractivity contribution in [3.8, 4) is 0 Å². The molecule has 2 heterocycles. The summed E-state index contributed by atoms with van der Waals surface area (Å²) in [6, 6.07) is 10.9. The maximum atomic E-state index is 3.66. The quantitative estimate of drug-likeness (QED) is 0.909. The van der Waals surface area contributed by atoms with Crippen LogP contribution < -0.4 is 5.32 Å². The second-order valence-electron chi connectivity index (χ2n) is 7.11. The molecule has 3 rings (SSSR count). The summed E-state index contributed by atoms with van der Waals surface area (Å²) in [6.45, 7) is 10.9. The third-order valence-corrected chi connectivity index (χ3v) is 5.53. The zero-order valence-corrected chi connectivity index (χ0v) is 12.9. The molecular formula is C18H28N2. The summed E-state index contributed by atoms with van der Waals surface area (Å²) in [5.41, 5.74) is 2.04. The van der Waals surface area contributed by atoms with Crippen LogP contribution in [0.3, 0.4) is 0 Å². The van der Waals surface area contributed by atoms with Crippen molar-refractivity contribution in [2.24, 2.45) is 17.3 Å². The lowest BCUT2D eigenvalue weighted by Crippen LogP contribution is -2.44. The Morgan fingerprint density at radius 2 is 1.90 bits per heavy atom. The molecule has 1 spiro atoms. The lowest BCUT2D eigenvalue weighted by atomic mass is 9.67. The van der Waals surface area contributed by atoms with Crippen LogP contribution in [-0.4, -0.2) is 31.1 Å². The molecule has 2 saturated heterocycles.